The zero-order valence-corrected chi connectivity index (χ0v) is 15.8. The Morgan fingerprint density at radius 2 is 1.56 bits per heavy atom. The number of carbonyl (C=O) groups is 1. The molecule has 1 amide bonds. The molecule has 1 atom stereocenters. The van der Waals surface area contributed by atoms with Crippen LogP contribution in [-0.2, 0) is 12.8 Å². The van der Waals surface area contributed by atoms with Crippen molar-refractivity contribution in [1.29, 1.82) is 0 Å². The first-order chi connectivity index (χ1) is 13.2. The van der Waals surface area contributed by atoms with Crippen LogP contribution < -0.4 is 10.1 Å². The molecule has 0 radical (unpaired) electrons. The number of nitrogens with one attached hydrogen (secondary N) is 1. The van der Waals surface area contributed by atoms with Crippen molar-refractivity contribution < 1.29 is 9.53 Å². The Hall–Kier alpha value is -3.07. The van der Waals surface area contributed by atoms with Gasteiger partial charge in [-0.2, -0.15) is 0 Å². The molecule has 0 spiro atoms. The highest BCUT2D eigenvalue weighted by Gasteiger charge is 2.16. The van der Waals surface area contributed by atoms with Crippen LogP contribution in [0.15, 0.2) is 78.9 Å². The Morgan fingerprint density at radius 3 is 2.33 bits per heavy atom. The molecular weight excluding hydrogens is 334 g/mol. The summed E-state index contributed by atoms with van der Waals surface area (Å²) in [7, 11) is 1.65. The van der Waals surface area contributed by atoms with E-state index in [1.54, 1.807) is 7.11 Å². The molecule has 0 bridgehead atoms. The predicted octanol–water partition coefficient (Wildman–Crippen LogP) is 4.97. The van der Waals surface area contributed by atoms with E-state index >= 15 is 0 Å². The Kier molecular flexibility index (Phi) is 6.26. The molecule has 0 unspecified atom stereocenters. The van der Waals surface area contributed by atoms with Crippen molar-refractivity contribution >= 4 is 5.91 Å². The SMILES string of the molecule is COc1ccccc1[C@@H](C)NC(=O)c1ccccc1CCc1ccccc1. The first kappa shape index (κ1) is 18.7. The number of carbonyl (C=O) groups excluding carboxylic acids is 1. The third kappa shape index (κ3) is 4.76. The Labute approximate surface area is 161 Å². The van der Waals surface area contributed by atoms with E-state index in [1.807, 2.05) is 73.7 Å². The van der Waals surface area contributed by atoms with Gasteiger partial charge >= 0.3 is 0 Å². The lowest BCUT2D eigenvalue weighted by Gasteiger charge is -2.18. The Bertz CT molecular complexity index is 890. The standard InChI is InChI=1S/C24H25NO2/c1-18(21-13-8-9-15-23(21)27-2)25-24(26)22-14-7-6-12-20(22)17-16-19-10-4-3-5-11-19/h3-15,18H,16-17H2,1-2H3,(H,25,26)/t18-/m1/s1. The summed E-state index contributed by atoms with van der Waals surface area (Å²) in [6, 6.07) is 25.8. The molecule has 3 heteroatoms. The van der Waals surface area contributed by atoms with Gasteiger partial charge in [0.25, 0.3) is 5.91 Å². The minimum atomic E-state index is -0.143. The zero-order chi connectivity index (χ0) is 19.1. The molecule has 138 valence electrons. The molecule has 27 heavy (non-hydrogen) atoms. The van der Waals surface area contributed by atoms with Crippen LogP contribution in [0.25, 0.3) is 0 Å². The highest BCUT2D eigenvalue weighted by molar-refractivity contribution is 5.96. The van der Waals surface area contributed by atoms with Crippen molar-refractivity contribution in [2.45, 2.75) is 25.8 Å². The van der Waals surface area contributed by atoms with Gasteiger partial charge in [0.1, 0.15) is 5.75 Å². The highest BCUT2D eigenvalue weighted by Crippen LogP contribution is 2.25. The lowest BCUT2D eigenvalue weighted by Crippen LogP contribution is -2.27. The number of ether oxygens (including phenoxy) is 1. The molecular formula is C24H25NO2. The van der Waals surface area contributed by atoms with E-state index in [4.69, 9.17) is 4.74 Å². The van der Waals surface area contributed by atoms with Gasteiger partial charge in [-0.15, -0.1) is 0 Å². The van der Waals surface area contributed by atoms with Crippen molar-refractivity contribution in [2.75, 3.05) is 7.11 Å². The van der Waals surface area contributed by atoms with Gasteiger partial charge in [0, 0.05) is 11.1 Å². The molecule has 0 saturated heterocycles. The maximum atomic E-state index is 12.9. The van der Waals surface area contributed by atoms with Crippen LogP contribution in [0.1, 0.15) is 40.0 Å². The van der Waals surface area contributed by atoms with E-state index in [0.29, 0.717) is 0 Å². The van der Waals surface area contributed by atoms with E-state index in [-0.39, 0.29) is 11.9 Å². The third-order valence-corrected chi connectivity index (χ3v) is 4.74. The van der Waals surface area contributed by atoms with Crippen molar-refractivity contribution in [3.63, 3.8) is 0 Å². The summed E-state index contributed by atoms with van der Waals surface area (Å²) < 4.78 is 5.41. The largest absolute Gasteiger partial charge is 0.496 e. The quantitative estimate of drug-likeness (QED) is 0.647. The van der Waals surface area contributed by atoms with Gasteiger partial charge in [-0.25, -0.2) is 0 Å². The minimum Gasteiger partial charge on any atom is -0.496 e. The zero-order valence-electron chi connectivity index (χ0n) is 15.8. The maximum Gasteiger partial charge on any atom is 0.252 e. The number of hydrogen-bond donors (Lipinski definition) is 1. The van der Waals surface area contributed by atoms with E-state index in [9.17, 15) is 4.79 Å². The molecule has 3 aromatic carbocycles. The molecule has 0 aliphatic heterocycles. The van der Waals surface area contributed by atoms with Gasteiger partial charge in [-0.3, -0.25) is 4.79 Å². The molecule has 3 aromatic rings. The van der Waals surface area contributed by atoms with Crippen LogP contribution in [-0.4, -0.2) is 13.0 Å². The summed E-state index contributed by atoms with van der Waals surface area (Å²) >= 11 is 0. The maximum absolute atomic E-state index is 12.9. The number of rotatable bonds is 7. The molecule has 0 aliphatic carbocycles. The molecule has 3 rings (SSSR count). The summed E-state index contributed by atoms with van der Waals surface area (Å²) in [6.07, 6.45) is 1.74. The van der Waals surface area contributed by atoms with Crippen molar-refractivity contribution in [3.05, 3.63) is 101 Å². The van der Waals surface area contributed by atoms with E-state index in [1.165, 1.54) is 5.56 Å². The predicted molar refractivity (Wildman–Crippen MR) is 109 cm³/mol. The average molecular weight is 359 g/mol. The Morgan fingerprint density at radius 1 is 0.889 bits per heavy atom. The second-order valence-corrected chi connectivity index (χ2v) is 6.58. The van der Waals surface area contributed by atoms with Gasteiger partial charge in [0.05, 0.1) is 13.2 Å². The Balaban J connectivity index is 1.73. The first-order valence-electron chi connectivity index (χ1n) is 9.24. The summed E-state index contributed by atoms with van der Waals surface area (Å²) in [6.45, 7) is 1.97. The topological polar surface area (TPSA) is 38.3 Å². The molecule has 1 N–H and O–H groups in total. The normalized spacial score (nSPS) is 11.6. The number of amides is 1. The molecule has 3 nitrogen and oxygen atoms in total. The van der Waals surface area contributed by atoms with Gasteiger partial charge in [0.15, 0.2) is 0 Å². The fourth-order valence-corrected chi connectivity index (χ4v) is 3.26. The molecule has 0 heterocycles. The summed E-state index contributed by atoms with van der Waals surface area (Å²) in [5.74, 6) is 0.722. The van der Waals surface area contributed by atoms with Crippen LogP contribution in [0.3, 0.4) is 0 Å². The van der Waals surface area contributed by atoms with Crippen molar-refractivity contribution in [1.82, 2.24) is 5.32 Å². The second kappa shape index (κ2) is 9.04. The van der Waals surface area contributed by atoms with Crippen molar-refractivity contribution in [3.8, 4) is 5.75 Å². The van der Waals surface area contributed by atoms with Gasteiger partial charge in [0.2, 0.25) is 0 Å². The average Bonchev–Trinajstić information content (AvgIpc) is 2.73. The van der Waals surface area contributed by atoms with Crippen LogP contribution in [0.2, 0.25) is 0 Å². The first-order valence-corrected chi connectivity index (χ1v) is 9.24. The lowest BCUT2D eigenvalue weighted by atomic mass is 9.98. The van der Waals surface area contributed by atoms with E-state index in [0.717, 1.165) is 35.3 Å². The highest BCUT2D eigenvalue weighted by atomic mass is 16.5. The molecule has 0 fully saturated rings. The minimum absolute atomic E-state index is 0.0583. The molecule has 0 saturated carbocycles. The number of hydrogen-bond acceptors (Lipinski definition) is 2. The molecule has 0 aliphatic rings. The van der Waals surface area contributed by atoms with Crippen LogP contribution >= 0.6 is 0 Å². The van der Waals surface area contributed by atoms with Crippen LogP contribution in [0.4, 0.5) is 0 Å². The number of aryl methyl sites for hydroxylation is 2. The van der Waals surface area contributed by atoms with Gasteiger partial charge in [-0.05, 0) is 43.0 Å². The molecule has 0 aromatic heterocycles. The summed E-state index contributed by atoms with van der Waals surface area (Å²) in [5.41, 5.74) is 4.03. The second-order valence-electron chi connectivity index (χ2n) is 6.58. The summed E-state index contributed by atoms with van der Waals surface area (Å²) in [5, 5.41) is 3.11. The van der Waals surface area contributed by atoms with Gasteiger partial charge in [-0.1, -0.05) is 66.7 Å². The monoisotopic (exact) mass is 359 g/mol. The van der Waals surface area contributed by atoms with E-state index < -0.39 is 0 Å². The number of methoxy groups -OCH3 is 1. The van der Waals surface area contributed by atoms with Crippen LogP contribution in [0, 0.1) is 0 Å². The number of benzene rings is 3. The van der Waals surface area contributed by atoms with Crippen LogP contribution in [0.5, 0.6) is 5.75 Å². The fourth-order valence-electron chi connectivity index (χ4n) is 3.26. The number of para-hydroxylation sites is 1. The van der Waals surface area contributed by atoms with E-state index in [2.05, 4.69) is 17.4 Å². The third-order valence-electron chi connectivity index (χ3n) is 4.74. The van der Waals surface area contributed by atoms with Crippen molar-refractivity contribution in [2.24, 2.45) is 0 Å². The lowest BCUT2D eigenvalue weighted by molar-refractivity contribution is 0.0938. The smallest absolute Gasteiger partial charge is 0.252 e. The van der Waals surface area contributed by atoms with Gasteiger partial charge < -0.3 is 10.1 Å². The summed E-state index contributed by atoms with van der Waals surface area (Å²) in [4.78, 5) is 12.9. The fraction of sp³-hybridized carbons (Fsp3) is 0.208.